The van der Waals surface area contributed by atoms with Crippen LogP contribution in [0.1, 0.15) is 145 Å². The van der Waals surface area contributed by atoms with Crippen molar-refractivity contribution < 1.29 is 33.2 Å². The van der Waals surface area contributed by atoms with Gasteiger partial charge in [0.1, 0.15) is 11.5 Å². The average molecular weight is 587 g/mol. The Morgan fingerprint density at radius 3 is 1.10 bits per heavy atom. The van der Waals surface area contributed by atoms with Crippen molar-refractivity contribution in [3.63, 3.8) is 0 Å². The highest BCUT2D eigenvalue weighted by molar-refractivity contribution is 5.09. The highest BCUT2D eigenvalue weighted by Gasteiger charge is 2.31. The molecule has 0 aliphatic rings. The van der Waals surface area contributed by atoms with E-state index in [9.17, 15) is 0 Å². The summed E-state index contributed by atoms with van der Waals surface area (Å²) in [5.41, 5.74) is 0. The van der Waals surface area contributed by atoms with E-state index in [4.69, 9.17) is 33.2 Å². The lowest BCUT2D eigenvalue weighted by Crippen LogP contribution is -2.34. The zero-order valence-electron chi connectivity index (χ0n) is 28.2. The van der Waals surface area contributed by atoms with Crippen molar-refractivity contribution in [2.45, 2.75) is 158 Å². The van der Waals surface area contributed by atoms with Crippen LogP contribution in [-0.4, -0.2) is 52.2 Å². The fraction of sp³-hybridized carbons (Fsp3) is 0.882. The van der Waals surface area contributed by atoms with Crippen LogP contribution < -0.4 is 0 Å². The molecule has 0 aromatic heterocycles. The fourth-order valence-electron chi connectivity index (χ4n) is 4.46. The third-order valence-electron chi connectivity index (χ3n) is 6.45. The molecule has 0 aromatic carbocycles. The number of rotatable bonds is 30. The van der Waals surface area contributed by atoms with Crippen molar-refractivity contribution in [2.75, 3.05) is 39.6 Å². The molecule has 0 saturated carbocycles. The highest BCUT2D eigenvalue weighted by Crippen LogP contribution is 2.27. The van der Waals surface area contributed by atoms with Crippen molar-refractivity contribution in [2.24, 2.45) is 0 Å². The van der Waals surface area contributed by atoms with Gasteiger partial charge < -0.3 is 33.2 Å². The first-order chi connectivity index (χ1) is 20.1. The average Bonchev–Trinajstić information content (AvgIpc) is 2.97. The predicted octanol–water partition coefficient (Wildman–Crippen LogP) is 9.80. The maximum absolute atomic E-state index is 6.71. The molecule has 0 fully saturated rings. The molecule has 0 saturated heterocycles. The Hall–Kier alpha value is -1.44. The van der Waals surface area contributed by atoms with Gasteiger partial charge in [-0.2, -0.15) is 0 Å². The summed E-state index contributed by atoms with van der Waals surface area (Å²) in [6.07, 6.45) is 13.2. The molecule has 41 heavy (non-hydrogen) atoms. The maximum Gasteiger partial charge on any atom is 0.223 e. The van der Waals surface area contributed by atoms with E-state index in [1.54, 1.807) is 0 Å². The molecular weight excluding hydrogens is 520 g/mol. The normalized spacial score (nSPS) is 14.2. The van der Waals surface area contributed by atoms with Gasteiger partial charge in [-0.25, -0.2) is 0 Å². The second-order valence-electron chi connectivity index (χ2n) is 10.2. The number of ether oxygens (including phenoxy) is 7. The highest BCUT2D eigenvalue weighted by atomic mass is 16.8. The van der Waals surface area contributed by atoms with Crippen LogP contribution in [0.15, 0.2) is 23.0 Å². The lowest BCUT2D eigenvalue weighted by atomic mass is 10.2. The van der Waals surface area contributed by atoms with Crippen LogP contribution in [0.25, 0.3) is 0 Å². The Morgan fingerprint density at radius 1 is 0.415 bits per heavy atom. The molecule has 0 bridgehead atoms. The number of unbranched alkanes of at least 4 members (excludes halogenated alkanes) is 8. The Bertz CT molecular complexity index is 577. The second-order valence-corrected chi connectivity index (χ2v) is 10.2. The SMILES string of the molecule is CCCCCCCOC(OC(OCCCCCCC)C(OCC)=C(CCC)OCC)C(OCC)=C(CCC)OCC. The topological polar surface area (TPSA) is 64.6 Å². The van der Waals surface area contributed by atoms with E-state index in [0.717, 1.165) is 62.9 Å². The summed E-state index contributed by atoms with van der Waals surface area (Å²) in [7, 11) is 0. The van der Waals surface area contributed by atoms with Gasteiger partial charge in [0.25, 0.3) is 0 Å². The van der Waals surface area contributed by atoms with E-state index < -0.39 is 12.6 Å². The van der Waals surface area contributed by atoms with Gasteiger partial charge in [0, 0.05) is 12.8 Å². The van der Waals surface area contributed by atoms with Crippen LogP contribution in [0.5, 0.6) is 0 Å². The van der Waals surface area contributed by atoms with Crippen molar-refractivity contribution in [3.8, 4) is 0 Å². The number of allylic oxidation sites excluding steroid dienone is 2. The van der Waals surface area contributed by atoms with Gasteiger partial charge in [-0.05, 0) is 53.4 Å². The van der Waals surface area contributed by atoms with Crippen molar-refractivity contribution in [1.29, 1.82) is 0 Å². The molecule has 0 N–H and O–H groups in total. The lowest BCUT2D eigenvalue weighted by Gasteiger charge is -2.30. The summed E-state index contributed by atoms with van der Waals surface area (Å²) < 4.78 is 44.1. The summed E-state index contributed by atoms with van der Waals surface area (Å²) in [6, 6.07) is 0. The zero-order valence-corrected chi connectivity index (χ0v) is 28.2. The van der Waals surface area contributed by atoms with Gasteiger partial charge in [-0.1, -0.05) is 79.1 Å². The molecule has 7 heteroatoms. The van der Waals surface area contributed by atoms with Gasteiger partial charge in [0.15, 0.2) is 11.5 Å². The molecule has 7 nitrogen and oxygen atoms in total. The summed E-state index contributed by atoms with van der Waals surface area (Å²) in [5, 5.41) is 0. The molecule has 0 radical (unpaired) electrons. The van der Waals surface area contributed by atoms with Gasteiger partial charge in [0.2, 0.25) is 12.6 Å². The van der Waals surface area contributed by atoms with Crippen LogP contribution in [0.4, 0.5) is 0 Å². The second kappa shape index (κ2) is 28.7. The Balaban J connectivity index is 6.40. The summed E-state index contributed by atoms with van der Waals surface area (Å²) in [6.45, 7) is 19.8. The molecule has 244 valence electrons. The van der Waals surface area contributed by atoms with E-state index in [2.05, 4.69) is 27.7 Å². The van der Waals surface area contributed by atoms with Gasteiger partial charge >= 0.3 is 0 Å². The molecule has 2 unspecified atom stereocenters. The quantitative estimate of drug-likeness (QED) is 0.0471. The Kier molecular flexibility index (Phi) is 27.7. The van der Waals surface area contributed by atoms with E-state index in [1.165, 1.54) is 38.5 Å². The molecular formula is C34H66O7. The third kappa shape index (κ3) is 18.7. The molecule has 0 heterocycles. The molecule has 0 aliphatic heterocycles. The molecule has 0 spiro atoms. The van der Waals surface area contributed by atoms with Crippen LogP contribution in [0.3, 0.4) is 0 Å². The first-order valence-corrected chi connectivity index (χ1v) is 16.9. The summed E-state index contributed by atoms with van der Waals surface area (Å²) >= 11 is 0. The first kappa shape index (κ1) is 39.6. The molecule has 2 atom stereocenters. The van der Waals surface area contributed by atoms with Crippen molar-refractivity contribution in [3.05, 3.63) is 23.0 Å². The van der Waals surface area contributed by atoms with E-state index >= 15 is 0 Å². The van der Waals surface area contributed by atoms with Crippen molar-refractivity contribution >= 4 is 0 Å². The zero-order chi connectivity index (χ0) is 30.6. The monoisotopic (exact) mass is 586 g/mol. The van der Waals surface area contributed by atoms with E-state index in [1.807, 2.05) is 27.7 Å². The molecule has 0 aliphatic carbocycles. The third-order valence-corrected chi connectivity index (χ3v) is 6.45. The van der Waals surface area contributed by atoms with Gasteiger partial charge in [0.05, 0.1) is 39.6 Å². The summed E-state index contributed by atoms with van der Waals surface area (Å²) in [5.74, 6) is 2.72. The molecule has 0 aromatic rings. The predicted molar refractivity (Wildman–Crippen MR) is 168 cm³/mol. The van der Waals surface area contributed by atoms with E-state index in [0.29, 0.717) is 51.2 Å². The fourth-order valence-corrected chi connectivity index (χ4v) is 4.46. The minimum Gasteiger partial charge on any atom is -0.495 e. The molecule has 0 amide bonds. The smallest absolute Gasteiger partial charge is 0.223 e. The Labute approximate surface area is 253 Å². The van der Waals surface area contributed by atoms with E-state index in [-0.39, 0.29) is 0 Å². The number of hydrogen-bond acceptors (Lipinski definition) is 7. The minimum absolute atomic E-state index is 0.479. The maximum atomic E-state index is 6.71. The van der Waals surface area contributed by atoms with Crippen LogP contribution >= 0.6 is 0 Å². The Morgan fingerprint density at radius 2 is 0.780 bits per heavy atom. The first-order valence-electron chi connectivity index (χ1n) is 16.9. The van der Waals surface area contributed by atoms with Gasteiger partial charge in [-0.15, -0.1) is 0 Å². The van der Waals surface area contributed by atoms with Crippen LogP contribution in [0.2, 0.25) is 0 Å². The van der Waals surface area contributed by atoms with Crippen LogP contribution in [0, 0.1) is 0 Å². The van der Waals surface area contributed by atoms with Gasteiger partial charge in [-0.3, -0.25) is 0 Å². The lowest BCUT2D eigenvalue weighted by molar-refractivity contribution is -0.242. The minimum atomic E-state index is -0.792. The molecule has 0 rings (SSSR count). The van der Waals surface area contributed by atoms with Crippen molar-refractivity contribution in [1.82, 2.24) is 0 Å². The summed E-state index contributed by atoms with van der Waals surface area (Å²) in [4.78, 5) is 0. The standard InChI is InChI=1S/C34H66O7/c1-9-17-19-21-23-27-39-33(31(37-15-7)29(25-11-3)35-13-5)41-34(40-28-24-22-20-18-10-2)32(38-16-8)30(26-12-4)36-14-6/h33-34H,9-28H2,1-8H3. The largest absolute Gasteiger partial charge is 0.495 e. The van der Waals surface area contributed by atoms with Crippen LogP contribution in [-0.2, 0) is 33.2 Å². The number of hydrogen-bond donors (Lipinski definition) is 0.